The molecule has 0 atom stereocenters. The van der Waals surface area contributed by atoms with E-state index in [0.717, 1.165) is 0 Å². The Kier molecular flexibility index (Phi) is 6.04. The lowest BCUT2D eigenvalue weighted by Crippen LogP contribution is -2.37. The molecule has 7 heteroatoms. The van der Waals surface area contributed by atoms with Crippen molar-refractivity contribution in [1.82, 2.24) is 4.90 Å². The first-order chi connectivity index (χ1) is 8.48. The quantitative estimate of drug-likeness (QED) is 0.651. The maximum absolute atomic E-state index is 11.9. The van der Waals surface area contributed by atoms with Gasteiger partial charge in [0.15, 0.2) is 0 Å². The van der Waals surface area contributed by atoms with Gasteiger partial charge in [-0.3, -0.25) is 4.79 Å². The molecule has 1 amide bonds. The fourth-order valence-corrected chi connectivity index (χ4v) is 3.71. The number of amides is 1. The third-order valence-corrected chi connectivity index (χ3v) is 4.95. The van der Waals surface area contributed by atoms with Crippen molar-refractivity contribution in [1.29, 1.82) is 0 Å². The van der Waals surface area contributed by atoms with Crippen molar-refractivity contribution in [3.63, 3.8) is 0 Å². The molecule has 0 aliphatic carbocycles. The third-order valence-electron chi connectivity index (χ3n) is 3.23. The molecule has 1 rings (SSSR count). The Morgan fingerprint density at radius 1 is 1.11 bits per heavy atom. The highest BCUT2D eigenvalue weighted by Crippen LogP contribution is 2.22. The maximum Gasteiger partial charge on any atom is 0.223 e. The van der Waals surface area contributed by atoms with Crippen molar-refractivity contribution in [2.45, 2.75) is 19.3 Å². The number of sulfone groups is 1. The molecule has 2 N–H and O–H groups in total. The molecule has 1 aliphatic heterocycles. The SMILES string of the molecule is O=C(CC1CCS(=O)(=O)CC1)N(CCO)CCO. The Labute approximate surface area is 108 Å². The minimum Gasteiger partial charge on any atom is -0.395 e. The van der Waals surface area contributed by atoms with Gasteiger partial charge in [0.25, 0.3) is 0 Å². The molecule has 0 aromatic rings. The second-order valence-corrected chi connectivity index (χ2v) is 6.93. The standard InChI is InChI=1S/C11H21NO5S/c13-5-3-12(4-6-14)11(15)9-10-1-7-18(16,17)8-2-10/h10,13-14H,1-9H2. The lowest BCUT2D eigenvalue weighted by atomic mass is 9.98. The highest BCUT2D eigenvalue weighted by atomic mass is 32.2. The Balaban J connectivity index is 2.43. The number of nitrogens with zero attached hydrogens (tertiary/aromatic N) is 1. The minimum atomic E-state index is -2.90. The fourth-order valence-electron chi connectivity index (χ4n) is 2.12. The van der Waals surface area contributed by atoms with Crippen molar-refractivity contribution in [2.24, 2.45) is 5.92 Å². The van der Waals surface area contributed by atoms with Gasteiger partial charge in [0.2, 0.25) is 5.91 Å². The number of hydrogen-bond donors (Lipinski definition) is 2. The first-order valence-corrected chi connectivity index (χ1v) is 8.00. The van der Waals surface area contributed by atoms with Crippen LogP contribution in [0.5, 0.6) is 0 Å². The summed E-state index contributed by atoms with van der Waals surface area (Å²) in [6.07, 6.45) is 1.36. The van der Waals surface area contributed by atoms with Gasteiger partial charge in [-0.25, -0.2) is 8.42 Å². The van der Waals surface area contributed by atoms with Crippen molar-refractivity contribution < 1.29 is 23.4 Å². The monoisotopic (exact) mass is 279 g/mol. The van der Waals surface area contributed by atoms with E-state index < -0.39 is 9.84 Å². The highest BCUT2D eigenvalue weighted by Gasteiger charge is 2.26. The lowest BCUT2D eigenvalue weighted by molar-refractivity contribution is -0.133. The number of rotatable bonds is 6. The summed E-state index contributed by atoms with van der Waals surface area (Å²) in [5.41, 5.74) is 0. The van der Waals surface area contributed by atoms with Crippen molar-refractivity contribution in [3.05, 3.63) is 0 Å². The summed E-state index contributed by atoms with van der Waals surface area (Å²) in [4.78, 5) is 13.3. The summed E-state index contributed by atoms with van der Waals surface area (Å²) in [6.45, 7) is 0.157. The molecule has 0 aromatic carbocycles. The normalized spacial score (nSPS) is 19.7. The molecular formula is C11H21NO5S. The average molecular weight is 279 g/mol. The predicted molar refractivity (Wildman–Crippen MR) is 66.7 cm³/mol. The first-order valence-electron chi connectivity index (χ1n) is 6.18. The minimum absolute atomic E-state index is 0.0981. The second-order valence-electron chi connectivity index (χ2n) is 4.63. The van der Waals surface area contributed by atoms with Gasteiger partial charge in [0.1, 0.15) is 9.84 Å². The zero-order valence-electron chi connectivity index (χ0n) is 10.4. The molecule has 0 radical (unpaired) electrons. The molecule has 18 heavy (non-hydrogen) atoms. The molecule has 1 fully saturated rings. The van der Waals surface area contributed by atoms with E-state index in [1.807, 2.05) is 0 Å². The van der Waals surface area contributed by atoms with Gasteiger partial charge < -0.3 is 15.1 Å². The van der Waals surface area contributed by atoms with Crippen LogP contribution in [0, 0.1) is 5.92 Å². The molecule has 106 valence electrons. The molecule has 1 saturated heterocycles. The summed E-state index contributed by atoms with van der Waals surface area (Å²) in [7, 11) is -2.90. The number of aliphatic hydroxyl groups is 2. The highest BCUT2D eigenvalue weighted by molar-refractivity contribution is 7.91. The van der Waals surface area contributed by atoms with Gasteiger partial charge >= 0.3 is 0 Å². The summed E-state index contributed by atoms with van der Waals surface area (Å²) in [6, 6.07) is 0. The first kappa shape index (κ1) is 15.4. The Morgan fingerprint density at radius 3 is 2.06 bits per heavy atom. The zero-order chi connectivity index (χ0) is 13.6. The van der Waals surface area contributed by atoms with Gasteiger partial charge in [0, 0.05) is 19.5 Å². The van der Waals surface area contributed by atoms with Gasteiger partial charge in [-0.2, -0.15) is 0 Å². The van der Waals surface area contributed by atoms with Gasteiger partial charge in [-0.05, 0) is 18.8 Å². The smallest absolute Gasteiger partial charge is 0.223 e. The van der Waals surface area contributed by atoms with Crippen LogP contribution in [0.25, 0.3) is 0 Å². The zero-order valence-corrected chi connectivity index (χ0v) is 11.2. The topological polar surface area (TPSA) is 94.9 Å². The maximum atomic E-state index is 11.9. The van der Waals surface area contributed by atoms with E-state index in [1.54, 1.807) is 0 Å². The van der Waals surface area contributed by atoms with Gasteiger partial charge in [-0.15, -0.1) is 0 Å². The van der Waals surface area contributed by atoms with E-state index in [4.69, 9.17) is 10.2 Å². The molecule has 1 aliphatic rings. The molecular weight excluding hydrogens is 258 g/mol. The predicted octanol–water partition coefficient (Wildman–Crippen LogP) is -0.985. The Hall–Kier alpha value is -0.660. The van der Waals surface area contributed by atoms with Crippen LogP contribution in [0.1, 0.15) is 19.3 Å². The van der Waals surface area contributed by atoms with Crippen LogP contribution in [-0.4, -0.2) is 67.2 Å². The lowest BCUT2D eigenvalue weighted by Gasteiger charge is -2.26. The number of carbonyl (C=O) groups excluding carboxylic acids is 1. The molecule has 0 aromatic heterocycles. The van der Waals surface area contributed by atoms with Crippen LogP contribution in [0.4, 0.5) is 0 Å². The van der Waals surface area contributed by atoms with Crippen LogP contribution in [-0.2, 0) is 14.6 Å². The number of hydrogen-bond acceptors (Lipinski definition) is 5. The molecule has 1 heterocycles. The summed E-state index contributed by atoms with van der Waals surface area (Å²) in [5.74, 6) is 0.291. The van der Waals surface area contributed by atoms with Crippen molar-refractivity contribution in [2.75, 3.05) is 37.8 Å². The Morgan fingerprint density at radius 2 is 1.61 bits per heavy atom. The summed E-state index contributed by atoms with van der Waals surface area (Å²) in [5, 5.41) is 17.7. The van der Waals surface area contributed by atoms with Crippen LogP contribution < -0.4 is 0 Å². The molecule has 6 nitrogen and oxygen atoms in total. The van der Waals surface area contributed by atoms with E-state index >= 15 is 0 Å². The summed E-state index contributed by atoms with van der Waals surface area (Å²) < 4.78 is 22.5. The van der Waals surface area contributed by atoms with E-state index in [0.29, 0.717) is 19.3 Å². The van der Waals surface area contributed by atoms with Crippen LogP contribution in [0.2, 0.25) is 0 Å². The molecule has 0 unspecified atom stereocenters. The Bertz CT molecular complexity index is 348. The van der Waals surface area contributed by atoms with Gasteiger partial charge in [-0.1, -0.05) is 0 Å². The molecule has 0 spiro atoms. The van der Waals surface area contributed by atoms with E-state index in [-0.39, 0.29) is 49.6 Å². The van der Waals surface area contributed by atoms with Crippen molar-refractivity contribution in [3.8, 4) is 0 Å². The molecule has 0 saturated carbocycles. The van der Waals surface area contributed by atoms with E-state index in [9.17, 15) is 13.2 Å². The van der Waals surface area contributed by atoms with E-state index in [1.165, 1.54) is 4.90 Å². The third kappa shape index (κ3) is 4.91. The van der Waals surface area contributed by atoms with Crippen molar-refractivity contribution >= 4 is 15.7 Å². The number of carbonyl (C=O) groups is 1. The van der Waals surface area contributed by atoms with Crippen LogP contribution in [0.15, 0.2) is 0 Å². The number of aliphatic hydroxyl groups excluding tert-OH is 2. The van der Waals surface area contributed by atoms with Crippen LogP contribution in [0.3, 0.4) is 0 Å². The average Bonchev–Trinajstić information content (AvgIpc) is 2.31. The summed E-state index contributed by atoms with van der Waals surface area (Å²) >= 11 is 0. The second kappa shape index (κ2) is 7.06. The van der Waals surface area contributed by atoms with Crippen LogP contribution >= 0.6 is 0 Å². The fraction of sp³-hybridized carbons (Fsp3) is 0.909. The largest absolute Gasteiger partial charge is 0.395 e. The van der Waals surface area contributed by atoms with Gasteiger partial charge in [0.05, 0.1) is 24.7 Å². The van der Waals surface area contributed by atoms with E-state index in [2.05, 4.69) is 0 Å². The molecule has 0 bridgehead atoms.